The summed E-state index contributed by atoms with van der Waals surface area (Å²) in [7, 11) is 0. The number of pyridine rings is 1. The Labute approximate surface area is 160 Å². The van der Waals surface area contributed by atoms with Crippen LogP contribution in [0, 0.1) is 6.92 Å². The van der Waals surface area contributed by atoms with Crippen LogP contribution in [0.25, 0.3) is 5.82 Å². The highest BCUT2D eigenvalue weighted by molar-refractivity contribution is 6.36. The maximum atomic E-state index is 13.1. The van der Waals surface area contributed by atoms with Crippen LogP contribution in [-0.2, 0) is 9.59 Å². The molecule has 1 aliphatic heterocycles. The summed E-state index contributed by atoms with van der Waals surface area (Å²) in [6.45, 7) is 1.76. The molecule has 27 heavy (non-hydrogen) atoms. The maximum Gasteiger partial charge on any atom is 0.242 e. The third kappa shape index (κ3) is 2.76. The number of carbonyl (C=O) groups excluding carboxylic acids is 2. The van der Waals surface area contributed by atoms with Crippen molar-refractivity contribution >= 4 is 34.9 Å². The SMILES string of the molecule is Cc1nn(-c2ccccn2)c(N)c1[C@H]1CC(=O)N(c2ccccc2Cl)C1=O. The molecule has 0 saturated carbocycles. The molecule has 0 unspecified atom stereocenters. The molecule has 1 aromatic carbocycles. The molecule has 1 fully saturated rings. The van der Waals surface area contributed by atoms with E-state index < -0.39 is 5.92 Å². The lowest BCUT2D eigenvalue weighted by atomic mass is 9.97. The lowest BCUT2D eigenvalue weighted by molar-refractivity contribution is -0.121. The molecule has 0 spiro atoms. The third-order valence-corrected chi connectivity index (χ3v) is 4.92. The number of nitrogens with zero attached hydrogens (tertiary/aromatic N) is 4. The summed E-state index contributed by atoms with van der Waals surface area (Å²) in [6.07, 6.45) is 1.65. The van der Waals surface area contributed by atoms with Crippen molar-refractivity contribution in [2.24, 2.45) is 0 Å². The molecule has 0 aliphatic carbocycles. The van der Waals surface area contributed by atoms with Crippen LogP contribution >= 0.6 is 11.6 Å². The van der Waals surface area contributed by atoms with Crippen LogP contribution in [0.5, 0.6) is 0 Å². The molecule has 7 nitrogen and oxygen atoms in total. The van der Waals surface area contributed by atoms with E-state index in [4.69, 9.17) is 17.3 Å². The number of halogens is 1. The van der Waals surface area contributed by atoms with E-state index in [0.29, 0.717) is 33.6 Å². The molecule has 0 radical (unpaired) electrons. The van der Waals surface area contributed by atoms with Gasteiger partial charge < -0.3 is 5.73 Å². The first-order chi connectivity index (χ1) is 13.0. The number of nitrogens with two attached hydrogens (primary N) is 1. The molecule has 1 atom stereocenters. The number of nitrogen functional groups attached to an aromatic ring is 1. The quantitative estimate of drug-likeness (QED) is 0.704. The van der Waals surface area contributed by atoms with Crippen LogP contribution < -0.4 is 10.6 Å². The Morgan fingerprint density at radius 2 is 1.89 bits per heavy atom. The van der Waals surface area contributed by atoms with Crippen molar-refractivity contribution in [2.75, 3.05) is 10.6 Å². The zero-order valence-electron chi connectivity index (χ0n) is 14.5. The van der Waals surface area contributed by atoms with Crippen molar-refractivity contribution in [3.8, 4) is 5.82 Å². The summed E-state index contributed by atoms with van der Waals surface area (Å²) in [5.41, 5.74) is 7.81. The zero-order chi connectivity index (χ0) is 19.1. The van der Waals surface area contributed by atoms with Gasteiger partial charge in [0.2, 0.25) is 11.8 Å². The van der Waals surface area contributed by atoms with Crippen LogP contribution in [0.3, 0.4) is 0 Å². The lowest BCUT2D eigenvalue weighted by Crippen LogP contribution is -2.30. The molecule has 1 aliphatic rings. The van der Waals surface area contributed by atoms with Crippen molar-refractivity contribution in [1.82, 2.24) is 14.8 Å². The minimum Gasteiger partial charge on any atom is -0.383 e. The van der Waals surface area contributed by atoms with Crippen LogP contribution in [0.1, 0.15) is 23.6 Å². The van der Waals surface area contributed by atoms with Gasteiger partial charge in [0, 0.05) is 18.2 Å². The number of para-hydroxylation sites is 1. The monoisotopic (exact) mass is 381 g/mol. The summed E-state index contributed by atoms with van der Waals surface area (Å²) < 4.78 is 1.49. The second-order valence-corrected chi connectivity index (χ2v) is 6.67. The Balaban J connectivity index is 1.75. The predicted molar refractivity (Wildman–Crippen MR) is 102 cm³/mol. The smallest absolute Gasteiger partial charge is 0.242 e. The van der Waals surface area contributed by atoms with Gasteiger partial charge in [-0.2, -0.15) is 9.78 Å². The van der Waals surface area contributed by atoms with Gasteiger partial charge in [0.05, 0.1) is 22.3 Å². The third-order valence-electron chi connectivity index (χ3n) is 4.60. The molecular weight excluding hydrogens is 366 g/mol. The Morgan fingerprint density at radius 3 is 2.59 bits per heavy atom. The Kier molecular flexibility index (Phi) is 4.16. The highest BCUT2D eigenvalue weighted by atomic mass is 35.5. The lowest BCUT2D eigenvalue weighted by Gasteiger charge is -2.16. The second-order valence-electron chi connectivity index (χ2n) is 6.26. The first-order valence-electron chi connectivity index (χ1n) is 8.36. The van der Waals surface area contributed by atoms with Gasteiger partial charge in [-0.3, -0.25) is 9.59 Å². The van der Waals surface area contributed by atoms with Crippen molar-refractivity contribution in [3.05, 3.63) is 64.9 Å². The molecule has 3 aromatic rings. The highest BCUT2D eigenvalue weighted by Crippen LogP contribution is 2.39. The largest absolute Gasteiger partial charge is 0.383 e. The summed E-state index contributed by atoms with van der Waals surface area (Å²) in [4.78, 5) is 31.0. The van der Waals surface area contributed by atoms with Crippen molar-refractivity contribution in [3.63, 3.8) is 0 Å². The molecule has 2 amide bonds. The van der Waals surface area contributed by atoms with Crippen LogP contribution in [0.15, 0.2) is 48.7 Å². The van der Waals surface area contributed by atoms with Gasteiger partial charge in [0.25, 0.3) is 0 Å². The van der Waals surface area contributed by atoms with Crippen molar-refractivity contribution < 1.29 is 9.59 Å². The van der Waals surface area contributed by atoms with E-state index in [2.05, 4.69) is 10.1 Å². The number of anilines is 2. The van der Waals surface area contributed by atoms with E-state index in [1.807, 2.05) is 6.07 Å². The number of rotatable bonds is 3. The maximum absolute atomic E-state index is 13.1. The summed E-state index contributed by atoms with van der Waals surface area (Å²) in [5.74, 6) is -0.528. The average Bonchev–Trinajstić information content (AvgIpc) is 3.11. The molecule has 136 valence electrons. The van der Waals surface area contributed by atoms with E-state index in [1.165, 1.54) is 4.68 Å². The first kappa shape index (κ1) is 17.2. The number of imide groups is 1. The van der Waals surface area contributed by atoms with Gasteiger partial charge in [0.15, 0.2) is 5.82 Å². The van der Waals surface area contributed by atoms with Gasteiger partial charge >= 0.3 is 0 Å². The predicted octanol–water partition coefficient (Wildman–Crippen LogP) is 2.86. The summed E-state index contributed by atoms with van der Waals surface area (Å²) >= 11 is 6.18. The number of amides is 2. The fourth-order valence-corrected chi connectivity index (χ4v) is 3.61. The Hall–Kier alpha value is -3.19. The minimum atomic E-state index is -0.703. The minimum absolute atomic E-state index is 0.0169. The molecule has 2 aromatic heterocycles. The Morgan fingerprint density at radius 1 is 1.15 bits per heavy atom. The Bertz CT molecular complexity index is 1050. The fourth-order valence-electron chi connectivity index (χ4n) is 3.39. The van der Waals surface area contributed by atoms with Crippen LogP contribution in [0.4, 0.5) is 11.5 Å². The first-order valence-corrected chi connectivity index (χ1v) is 8.74. The van der Waals surface area contributed by atoms with E-state index in [0.717, 1.165) is 4.90 Å². The number of hydrogen-bond donors (Lipinski definition) is 1. The van der Waals surface area contributed by atoms with Crippen LogP contribution in [0.2, 0.25) is 5.02 Å². The number of carbonyl (C=O) groups is 2. The van der Waals surface area contributed by atoms with Crippen LogP contribution in [-0.4, -0.2) is 26.6 Å². The summed E-state index contributed by atoms with van der Waals surface area (Å²) in [6, 6.07) is 12.1. The van der Waals surface area contributed by atoms with Gasteiger partial charge in [-0.1, -0.05) is 29.8 Å². The van der Waals surface area contributed by atoms with Gasteiger partial charge in [-0.15, -0.1) is 0 Å². The number of hydrogen-bond acceptors (Lipinski definition) is 5. The summed E-state index contributed by atoms with van der Waals surface area (Å²) in [5, 5.41) is 4.76. The normalized spacial score (nSPS) is 17.0. The van der Waals surface area contributed by atoms with Crippen molar-refractivity contribution in [2.45, 2.75) is 19.3 Å². The number of aryl methyl sites for hydroxylation is 1. The molecule has 4 rings (SSSR count). The van der Waals surface area contributed by atoms with Gasteiger partial charge in [-0.05, 0) is 31.2 Å². The number of aromatic nitrogens is 3. The molecule has 8 heteroatoms. The van der Waals surface area contributed by atoms with Gasteiger partial charge in [-0.25, -0.2) is 9.88 Å². The van der Waals surface area contributed by atoms with E-state index in [1.54, 1.807) is 49.5 Å². The molecular formula is C19H16ClN5O2. The second kappa shape index (κ2) is 6.51. The average molecular weight is 382 g/mol. The molecule has 0 bridgehead atoms. The van der Waals surface area contributed by atoms with E-state index >= 15 is 0 Å². The van der Waals surface area contributed by atoms with Crippen molar-refractivity contribution in [1.29, 1.82) is 0 Å². The fraction of sp³-hybridized carbons (Fsp3) is 0.158. The topological polar surface area (TPSA) is 94.1 Å². The molecule has 1 saturated heterocycles. The molecule has 2 N–H and O–H groups in total. The standard InChI is InChI=1S/C19H16ClN5O2/c1-11-17(18(21)25(23-11)15-8-4-5-9-22-15)12-10-16(26)24(19(12)27)14-7-3-2-6-13(14)20/h2-9,12H,10,21H2,1H3/t12-/m1/s1. The van der Waals surface area contributed by atoms with E-state index in [-0.39, 0.29) is 18.2 Å². The highest BCUT2D eigenvalue weighted by Gasteiger charge is 2.43. The zero-order valence-corrected chi connectivity index (χ0v) is 15.2. The molecule has 3 heterocycles. The van der Waals surface area contributed by atoms with E-state index in [9.17, 15) is 9.59 Å². The van der Waals surface area contributed by atoms with Gasteiger partial charge in [0.1, 0.15) is 5.82 Å². The number of benzene rings is 1.